The van der Waals surface area contributed by atoms with Crippen LogP contribution in [0.15, 0.2) is 77.7 Å². The third-order valence-corrected chi connectivity index (χ3v) is 5.42. The zero-order valence-corrected chi connectivity index (χ0v) is 18.8. The SMILES string of the molecule is CC(NC(=O)O[C@H](C)c1ccc(C(=O)Nc2ccccc2S)cc1)c1ccc(Cl)cc1. The fourth-order valence-corrected chi connectivity index (χ4v) is 3.30. The Hall–Kier alpha value is -2.96. The first-order valence-corrected chi connectivity index (χ1v) is 10.6. The summed E-state index contributed by atoms with van der Waals surface area (Å²) < 4.78 is 5.48. The van der Waals surface area contributed by atoms with Crippen LogP contribution in [-0.4, -0.2) is 12.0 Å². The Bertz CT molecular complexity index is 1060. The Morgan fingerprint density at radius 1 is 0.903 bits per heavy atom. The Morgan fingerprint density at radius 3 is 2.16 bits per heavy atom. The number of carbonyl (C=O) groups is 2. The van der Waals surface area contributed by atoms with Crippen LogP contribution in [0.1, 0.15) is 47.5 Å². The molecule has 7 heteroatoms. The zero-order valence-electron chi connectivity index (χ0n) is 17.1. The number of benzene rings is 3. The maximum Gasteiger partial charge on any atom is 0.408 e. The smallest absolute Gasteiger partial charge is 0.408 e. The van der Waals surface area contributed by atoms with Crippen molar-refractivity contribution in [2.45, 2.75) is 30.9 Å². The van der Waals surface area contributed by atoms with E-state index in [0.29, 0.717) is 21.2 Å². The van der Waals surface area contributed by atoms with Crippen molar-refractivity contribution in [3.63, 3.8) is 0 Å². The van der Waals surface area contributed by atoms with E-state index in [2.05, 4.69) is 23.3 Å². The van der Waals surface area contributed by atoms with E-state index in [-0.39, 0.29) is 11.9 Å². The molecule has 3 rings (SSSR count). The molecule has 2 atom stereocenters. The molecule has 2 N–H and O–H groups in total. The minimum Gasteiger partial charge on any atom is -0.442 e. The van der Waals surface area contributed by atoms with Crippen LogP contribution in [0, 0.1) is 0 Å². The molecule has 3 aromatic carbocycles. The molecule has 5 nitrogen and oxygen atoms in total. The van der Waals surface area contributed by atoms with Crippen molar-refractivity contribution in [1.29, 1.82) is 0 Å². The fraction of sp³-hybridized carbons (Fsp3) is 0.167. The average Bonchev–Trinajstić information content (AvgIpc) is 2.75. The molecule has 0 aliphatic rings. The average molecular weight is 455 g/mol. The lowest BCUT2D eigenvalue weighted by atomic mass is 10.1. The highest BCUT2D eigenvalue weighted by molar-refractivity contribution is 7.80. The number of halogens is 1. The van der Waals surface area contributed by atoms with Gasteiger partial charge >= 0.3 is 6.09 Å². The van der Waals surface area contributed by atoms with Crippen molar-refractivity contribution in [1.82, 2.24) is 5.32 Å². The van der Waals surface area contributed by atoms with Crippen LogP contribution in [0.4, 0.5) is 10.5 Å². The summed E-state index contributed by atoms with van der Waals surface area (Å²) in [7, 11) is 0. The highest BCUT2D eigenvalue weighted by Gasteiger charge is 2.16. The van der Waals surface area contributed by atoms with Crippen molar-refractivity contribution in [2.75, 3.05) is 5.32 Å². The van der Waals surface area contributed by atoms with Gasteiger partial charge in [0.2, 0.25) is 0 Å². The van der Waals surface area contributed by atoms with Crippen LogP contribution in [0.25, 0.3) is 0 Å². The Balaban J connectivity index is 1.56. The van der Waals surface area contributed by atoms with E-state index in [4.69, 9.17) is 16.3 Å². The standard InChI is InChI=1S/C24H23ClN2O3S/c1-15(17-11-13-20(25)14-12-17)26-24(29)30-16(2)18-7-9-19(10-8-18)23(28)27-21-5-3-4-6-22(21)31/h3-16,31H,1-2H3,(H,26,29)(H,27,28)/t15?,16-/m1/s1. The molecule has 0 heterocycles. The molecule has 0 spiro atoms. The van der Waals surface area contributed by atoms with Crippen LogP contribution in [0.3, 0.4) is 0 Å². The van der Waals surface area contributed by atoms with Gasteiger partial charge in [-0.2, -0.15) is 0 Å². The number of anilines is 1. The van der Waals surface area contributed by atoms with Gasteiger partial charge in [0.25, 0.3) is 5.91 Å². The molecule has 0 fully saturated rings. The molecular formula is C24H23ClN2O3S. The van der Waals surface area contributed by atoms with Crippen molar-refractivity contribution in [2.24, 2.45) is 0 Å². The number of thiol groups is 1. The number of rotatable bonds is 6. The summed E-state index contributed by atoms with van der Waals surface area (Å²) in [4.78, 5) is 25.4. The molecule has 0 bridgehead atoms. The van der Waals surface area contributed by atoms with Crippen LogP contribution >= 0.6 is 24.2 Å². The Labute approximate surface area is 192 Å². The number of amides is 2. The summed E-state index contributed by atoms with van der Waals surface area (Å²) in [5.41, 5.74) is 2.84. The molecule has 1 unspecified atom stereocenters. The second kappa shape index (κ2) is 10.4. The maximum absolute atomic E-state index is 12.5. The molecule has 0 saturated carbocycles. The third kappa shape index (κ3) is 6.26. The Kier molecular flexibility index (Phi) is 7.60. The first kappa shape index (κ1) is 22.7. The second-order valence-corrected chi connectivity index (χ2v) is 7.98. The van der Waals surface area contributed by atoms with E-state index in [9.17, 15) is 9.59 Å². The van der Waals surface area contributed by atoms with Gasteiger partial charge in [-0.25, -0.2) is 4.79 Å². The lowest BCUT2D eigenvalue weighted by Gasteiger charge is -2.18. The quantitative estimate of drug-likeness (QED) is 0.376. The third-order valence-electron chi connectivity index (χ3n) is 4.78. The van der Waals surface area contributed by atoms with E-state index in [1.165, 1.54) is 0 Å². The molecule has 2 amide bonds. The number of alkyl carbamates (subject to hydrolysis) is 1. The maximum atomic E-state index is 12.5. The molecule has 0 aromatic heterocycles. The van der Waals surface area contributed by atoms with Crippen LogP contribution in [0.2, 0.25) is 5.02 Å². The number of ether oxygens (including phenoxy) is 1. The summed E-state index contributed by atoms with van der Waals surface area (Å²) in [6.45, 7) is 3.64. The largest absolute Gasteiger partial charge is 0.442 e. The topological polar surface area (TPSA) is 67.4 Å². The molecule has 160 valence electrons. The molecular weight excluding hydrogens is 432 g/mol. The van der Waals surface area contributed by atoms with Gasteiger partial charge in [0.1, 0.15) is 6.10 Å². The van der Waals surface area contributed by atoms with Crippen LogP contribution in [-0.2, 0) is 4.74 Å². The first-order chi connectivity index (χ1) is 14.8. The molecule has 31 heavy (non-hydrogen) atoms. The van der Waals surface area contributed by atoms with E-state index in [1.54, 1.807) is 55.5 Å². The highest BCUT2D eigenvalue weighted by Crippen LogP contribution is 2.22. The zero-order chi connectivity index (χ0) is 22.4. The molecule has 3 aromatic rings. The van der Waals surface area contributed by atoms with Gasteiger partial charge in [0.15, 0.2) is 0 Å². The molecule has 0 radical (unpaired) electrons. The van der Waals surface area contributed by atoms with Crippen LogP contribution in [0.5, 0.6) is 0 Å². The lowest BCUT2D eigenvalue weighted by Crippen LogP contribution is -2.28. The highest BCUT2D eigenvalue weighted by atomic mass is 35.5. The van der Waals surface area contributed by atoms with E-state index >= 15 is 0 Å². The molecule has 0 saturated heterocycles. The van der Waals surface area contributed by atoms with Gasteiger partial charge < -0.3 is 15.4 Å². The van der Waals surface area contributed by atoms with Gasteiger partial charge in [-0.1, -0.05) is 48.0 Å². The lowest BCUT2D eigenvalue weighted by molar-refractivity contribution is 0.101. The van der Waals surface area contributed by atoms with Crippen LogP contribution < -0.4 is 10.6 Å². The van der Waals surface area contributed by atoms with E-state index in [1.807, 2.05) is 31.2 Å². The summed E-state index contributed by atoms with van der Waals surface area (Å²) >= 11 is 10.2. The van der Waals surface area contributed by atoms with Crippen molar-refractivity contribution < 1.29 is 14.3 Å². The summed E-state index contributed by atoms with van der Waals surface area (Å²) in [6, 6.07) is 21.2. The van der Waals surface area contributed by atoms with Gasteiger partial charge in [-0.05, 0) is 61.4 Å². The molecule has 0 aliphatic carbocycles. The van der Waals surface area contributed by atoms with Crippen molar-refractivity contribution in [3.05, 3.63) is 94.5 Å². The monoisotopic (exact) mass is 454 g/mol. The summed E-state index contributed by atoms with van der Waals surface area (Å²) in [6.07, 6.45) is -1.00. The fourth-order valence-electron chi connectivity index (χ4n) is 2.95. The van der Waals surface area contributed by atoms with Gasteiger partial charge in [0.05, 0.1) is 11.7 Å². The van der Waals surface area contributed by atoms with Gasteiger partial charge in [0, 0.05) is 15.5 Å². The summed E-state index contributed by atoms with van der Waals surface area (Å²) in [5, 5.41) is 6.27. The molecule has 0 aliphatic heterocycles. The normalized spacial score (nSPS) is 12.5. The predicted molar refractivity (Wildman–Crippen MR) is 126 cm³/mol. The van der Waals surface area contributed by atoms with Crippen molar-refractivity contribution >= 4 is 41.9 Å². The number of hydrogen-bond donors (Lipinski definition) is 3. The minimum atomic E-state index is -0.526. The number of hydrogen-bond acceptors (Lipinski definition) is 4. The van der Waals surface area contributed by atoms with Crippen molar-refractivity contribution in [3.8, 4) is 0 Å². The number of nitrogens with one attached hydrogen (secondary N) is 2. The minimum absolute atomic E-state index is 0.224. The second-order valence-electron chi connectivity index (χ2n) is 7.06. The Morgan fingerprint density at radius 2 is 1.52 bits per heavy atom. The first-order valence-electron chi connectivity index (χ1n) is 9.75. The summed E-state index contributed by atoms with van der Waals surface area (Å²) in [5.74, 6) is -0.240. The van der Waals surface area contributed by atoms with E-state index in [0.717, 1.165) is 11.1 Å². The van der Waals surface area contributed by atoms with Gasteiger partial charge in [-0.3, -0.25) is 4.79 Å². The predicted octanol–water partition coefficient (Wildman–Crippen LogP) is 6.43. The number of carbonyl (C=O) groups excluding carboxylic acids is 2. The van der Waals surface area contributed by atoms with Gasteiger partial charge in [-0.15, -0.1) is 12.6 Å². The van der Waals surface area contributed by atoms with E-state index < -0.39 is 12.2 Å². The number of para-hydroxylation sites is 1.